The first-order valence-electron chi connectivity index (χ1n) is 10.5. The van der Waals surface area contributed by atoms with Gasteiger partial charge < -0.3 is 15.6 Å². The number of phenols is 1. The fourth-order valence-corrected chi connectivity index (χ4v) is 4.77. The third-order valence-corrected chi connectivity index (χ3v) is 6.46. The maximum absolute atomic E-state index is 12.5. The van der Waals surface area contributed by atoms with Gasteiger partial charge in [0.05, 0.1) is 28.7 Å². The van der Waals surface area contributed by atoms with Gasteiger partial charge in [0.25, 0.3) is 5.69 Å². The molecule has 0 saturated heterocycles. The van der Waals surface area contributed by atoms with Crippen molar-refractivity contribution in [2.75, 3.05) is 13.4 Å². The van der Waals surface area contributed by atoms with Gasteiger partial charge in [0.2, 0.25) is 5.91 Å². The first-order chi connectivity index (χ1) is 17.5. The van der Waals surface area contributed by atoms with Gasteiger partial charge in [-0.1, -0.05) is 30.3 Å². The molecule has 188 valence electrons. The SMILES string of the molecule is COc1ccc(-c2nc(-c3ccccc3)nc(-c3ccc(C(N)=O)c(S(C)(=O)=O)c3[N+](=O)[O-])n2)c(O)c1. The van der Waals surface area contributed by atoms with E-state index >= 15 is 0 Å². The van der Waals surface area contributed by atoms with E-state index in [2.05, 4.69) is 15.0 Å². The molecule has 0 aliphatic carbocycles. The number of phenolic OH excluding ortho intramolecular Hbond substituents is 1. The van der Waals surface area contributed by atoms with Crippen molar-refractivity contribution in [3.05, 3.63) is 76.3 Å². The number of hydrogen-bond acceptors (Lipinski definition) is 10. The van der Waals surface area contributed by atoms with Crippen LogP contribution in [0.1, 0.15) is 10.4 Å². The van der Waals surface area contributed by atoms with Gasteiger partial charge in [-0.25, -0.2) is 23.4 Å². The van der Waals surface area contributed by atoms with E-state index in [-0.39, 0.29) is 34.3 Å². The number of nitrogens with zero attached hydrogens (tertiary/aromatic N) is 4. The van der Waals surface area contributed by atoms with E-state index in [4.69, 9.17) is 10.5 Å². The number of carbonyl (C=O) groups excluding carboxylic acids is 1. The Morgan fingerprint density at radius 2 is 1.57 bits per heavy atom. The Morgan fingerprint density at radius 3 is 2.11 bits per heavy atom. The standard InChI is InChI=1S/C24H19N5O7S/c1-36-14-8-9-15(18(30)12-14)23-26-22(13-6-4-3-5-7-13)27-24(28-23)16-10-11-17(21(25)31)20(37(2,34)35)19(16)29(32)33/h3-12,30H,1-2H3,(H2,25,31). The first-order valence-corrected chi connectivity index (χ1v) is 12.4. The summed E-state index contributed by atoms with van der Waals surface area (Å²) in [4.78, 5) is 35.4. The molecule has 0 atom stereocenters. The minimum atomic E-state index is -4.29. The second-order valence-electron chi connectivity index (χ2n) is 7.79. The van der Waals surface area contributed by atoms with E-state index in [9.17, 15) is 28.4 Å². The molecule has 0 aliphatic heterocycles. The van der Waals surface area contributed by atoms with Crippen molar-refractivity contribution in [2.45, 2.75) is 4.90 Å². The molecule has 1 aromatic heterocycles. The van der Waals surface area contributed by atoms with Crippen molar-refractivity contribution >= 4 is 21.4 Å². The average molecular weight is 522 g/mol. The first kappa shape index (κ1) is 25.2. The van der Waals surface area contributed by atoms with Gasteiger partial charge in [0, 0.05) is 17.9 Å². The lowest BCUT2D eigenvalue weighted by Gasteiger charge is -2.12. The molecule has 3 N–H and O–H groups in total. The van der Waals surface area contributed by atoms with Crippen LogP contribution in [0.4, 0.5) is 5.69 Å². The molecule has 4 rings (SSSR count). The van der Waals surface area contributed by atoms with Crippen LogP contribution in [-0.4, -0.2) is 52.7 Å². The second-order valence-corrected chi connectivity index (χ2v) is 9.74. The third-order valence-electron chi connectivity index (χ3n) is 5.30. The molecule has 0 radical (unpaired) electrons. The van der Waals surface area contributed by atoms with Crippen molar-refractivity contribution in [1.29, 1.82) is 0 Å². The molecule has 0 unspecified atom stereocenters. The molecule has 37 heavy (non-hydrogen) atoms. The summed E-state index contributed by atoms with van der Waals surface area (Å²) in [5.74, 6) is -1.21. The molecule has 0 bridgehead atoms. The Bertz CT molecular complexity index is 1660. The van der Waals surface area contributed by atoms with Crippen molar-refractivity contribution in [1.82, 2.24) is 15.0 Å². The zero-order valence-corrected chi connectivity index (χ0v) is 20.3. The van der Waals surface area contributed by atoms with Gasteiger partial charge in [0.1, 0.15) is 11.5 Å². The van der Waals surface area contributed by atoms with Crippen LogP contribution in [0, 0.1) is 10.1 Å². The lowest BCUT2D eigenvalue weighted by atomic mass is 10.1. The van der Waals surface area contributed by atoms with E-state index in [1.54, 1.807) is 36.4 Å². The van der Waals surface area contributed by atoms with Crippen LogP contribution in [0.3, 0.4) is 0 Å². The van der Waals surface area contributed by atoms with Crippen LogP contribution >= 0.6 is 0 Å². The number of carbonyl (C=O) groups is 1. The number of sulfone groups is 1. The lowest BCUT2D eigenvalue weighted by molar-refractivity contribution is -0.387. The zero-order valence-electron chi connectivity index (χ0n) is 19.4. The number of nitro benzene ring substituents is 1. The van der Waals surface area contributed by atoms with E-state index in [0.29, 0.717) is 11.3 Å². The van der Waals surface area contributed by atoms with Gasteiger partial charge >= 0.3 is 0 Å². The highest BCUT2D eigenvalue weighted by atomic mass is 32.2. The van der Waals surface area contributed by atoms with E-state index in [1.807, 2.05) is 0 Å². The van der Waals surface area contributed by atoms with E-state index < -0.39 is 36.8 Å². The Kier molecular flexibility index (Phi) is 6.55. The maximum atomic E-state index is 12.5. The highest BCUT2D eigenvalue weighted by Crippen LogP contribution is 2.38. The molecule has 0 aliphatic rings. The van der Waals surface area contributed by atoms with Crippen LogP contribution in [0.15, 0.2) is 65.6 Å². The summed E-state index contributed by atoms with van der Waals surface area (Å²) in [5, 5.41) is 22.7. The average Bonchev–Trinajstić information content (AvgIpc) is 2.87. The maximum Gasteiger partial charge on any atom is 0.299 e. The largest absolute Gasteiger partial charge is 0.507 e. The molecular weight excluding hydrogens is 502 g/mol. The summed E-state index contributed by atoms with van der Waals surface area (Å²) < 4.78 is 30.2. The molecule has 0 fully saturated rings. The minimum Gasteiger partial charge on any atom is -0.507 e. The van der Waals surface area contributed by atoms with Crippen molar-refractivity contribution in [2.24, 2.45) is 5.73 Å². The number of methoxy groups -OCH3 is 1. The van der Waals surface area contributed by atoms with Gasteiger partial charge in [-0.3, -0.25) is 14.9 Å². The number of nitrogens with two attached hydrogens (primary N) is 1. The minimum absolute atomic E-state index is 0.0433. The van der Waals surface area contributed by atoms with Crippen molar-refractivity contribution in [3.63, 3.8) is 0 Å². The lowest BCUT2D eigenvalue weighted by Crippen LogP contribution is -2.18. The molecule has 1 heterocycles. The molecule has 3 aromatic carbocycles. The highest BCUT2D eigenvalue weighted by Gasteiger charge is 2.33. The Balaban J connectivity index is 2.09. The Hall–Kier alpha value is -4.91. The summed E-state index contributed by atoms with van der Waals surface area (Å²) in [5.41, 5.74) is 4.27. The molecule has 0 saturated carbocycles. The van der Waals surface area contributed by atoms with Gasteiger partial charge in [-0.05, 0) is 24.3 Å². The predicted octanol–water partition coefficient (Wildman–Crippen LogP) is 3.00. The number of primary amides is 1. The number of rotatable bonds is 7. The quantitative estimate of drug-likeness (QED) is 0.270. The highest BCUT2D eigenvalue weighted by molar-refractivity contribution is 7.91. The number of nitro groups is 1. The van der Waals surface area contributed by atoms with Crippen molar-refractivity contribution in [3.8, 4) is 45.7 Å². The van der Waals surface area contributed by atoms with E-state index in [1.165, 1.54) is 19.2 Å². The van der Waals surface area contributed by atoms with E-state index in [0.717, 1.165) is 18.4 Å². The number of benzene rings is 3. The molecule has 4 aromatic rings. The molecule has 1 amide bonds. The van der Waals surface area contributed by atoms with Crippen LogP contribution in [0.5, 0.6) is 11.5 Å². The summed E-state index contributed by atoms with van der Waals surface area (Å²) in [7, 11) is -2.86. The van der Waals surface area contributed by atoms with Gasteiger partial charge in [0.15, 0.2) is 32.2 Å². The van der Waals surface area contributed by atoms with Gasteiger partial charge in [-0.2, -0.15) is 0 Å². The summed E-state index contributed by atoms with van der Waals surface area (Å²) in [6, 6.07) is 15.2. The number of aromatic nitrogens is 3. The predicted molar refractivity (Wildman–Crippen MR) is 133 cm³/mol. The number of ether oxygens (including phenoxy) is 1. The molecular formula is C24H19N5O7S. The zero-order chi connectivity index (χ0) is 26.9. The topological polar surface area (TPSA) is 188 Å². The van der Waals surface area contributed by atoms with Gasteiger partial charge in [-0.15, -0.1) is 0 Å². The third kappa shape index (κ3) is 4.92. The fraction of sp³-hybridized carbons (Fsp3) is 0.0833. The smallest absolute Gasteiger partial charge is 0.299 e. The number of aromatic hydroxyl groups is 1. The van der Waals surface area contributed by atoms with Crippen LogP contribution < -0.4 is 10.5 Å². The fourth-order valence-electron chi connectivity index (χ4n) is 3.66. The van der Waals surface area contributed by atoms with Crippen molar-refractivity contribution < 1.29 is 28.0 Å². The number of hydrogen-bond donors (Lipinski definition) is 2. The number of amides is 1. The molecule has 13 heteroatoms. The Labute approximate surface area is 210 Å². The summed E-state index contributed by atoms with van der Waals surface area (Å²) >= 11 is 0. The summed E-state index contributed by atoms with van der Waals surface area (Å²) in [6.07, 6.45) is 0.731. The van der Waals surface area contributed by atoms with Crippen LogP contribution in [0.2, 0.25) is 0 Å². The normalized spacial score (nSPS) is 11.2. The van der Waals surface area contributed by atoms with Crippen LogP contribution in [0.25, 0.3) is 34.2 Å². The van der Waals surface area contributed by atoms with Crippen LogP contribution in [-0.2, 0) is 9.84 Å². The molecule has 0 spiro atoms. The molecule has 12 nitrogen and oxygen atoms in total. The summed E-state index contributed by atoms with van der Waals surface area (Å²) in [6.45, 7) is 0. The monoisotopic (exact) mass is 521 g/mol. The second kappa shape index (κ2) is 9.62. The Morgan fingerprint density at radius 1 is 0.973 bits per heavy atom.